The minimum Gasteiger partial charge on any atom is -0.297 e. The Morgan fingerprint density at radius 3 is 2.69 bits per heavy atom. The molecule has 0 aromatic carbocycles. The molecule has 0 unspecified atom stereocenters. The summed E-state index contributed by atoms with van der Waals surface area (Å²) in [5, 5.41) is 0. The van der Waals surface area contributed by atoms with E-state index in [1.807, 2.05) is 19.1 Å². The van der Waals surface area contributed by atoms with Gasteiger partial charge in [-0.2, -0.15) is 0 Å². The molecule has 2 aliphatic heterocycles. The lowest BCUT2D eigenvalue weighted by molar-refractivity contribution is 0.0992. The van der Waals surface area contributed by atoms with Crippen LogP contribution in [0.5, 0.6) is 0 Å². The highest BCUT2D eigenvalue weighted by atomic mass is 32.2. The van der Waals surface area contributed by atoms with Crippen LogP contribution in [0.15, 0.2) is 29.2 Å². The molecule has 26 heavy (non-hydrogen) atoms. The van der Waals surface area contributed by atoms with Gasteiger partial charge in [-0.1, -0.05) is 6.07 Å². The maximum Gasteiger partial charge on any atom is 0.258 e. The van der Waals surface area contributed by atoms with Gasteiger partial charge in [0.15, 0.2) is 9.84 Å². The Morgan fingerprint density at radius 2 is 2.00 bits per heavy atom. The molecule has 0 saturated carbocycles. The smallest absolute Gasteiger partial charge is 0.258 e. The second kappa shape index (κ2) is 6.75. The molecule has 2 aromatic rings. The largest absolute Gasteiger partial charge is 0.297 e. The van der Waals surface area contributed by atoms with Crippen LogP contribution in [0.25, 0.3) is 5.65 Å². The van der Waals surface area contributed by atoms with Crippen LogP contribution in [-0.2, 0) is 16.4 Å². The lowest BCUT2D eigenvalue weighted by Gasteiger charge is -2.37. The van der Waals surface area contributed by atoms with Crippen molar-refractivity contribution < 1.29 is 8.42 Å². The van der Waals surface area contributed by atoms with E-state index in [2.05, 4.69) is 14.8 Å². The molecule has 1 atom stereocenters. The Balaban J connectivity index is 1.43. The van der Waals surface area contributed by atoms with E-state index in [-0.39, 0.29) is 11.6 Å². The van der Waals surface area contributed by atoms with Crippen molar-refractivity contribution in [2.24, 2.45) is 0 Å². The fraction of sp³-hybridized carbons (Fsp3) is 0.556. The molecule has 4 heterocycles. The van der Waals surface area contributed by atoms with Gasteiger partial charge in [-0.15, -0.1) is 0 Å². The number of aryl methyl sites for hydroxylation is 1. The van der Waals surface area contributed by atoms with E-state index in [9.17, 15) is 13.2 Å². The Morgan fingerprint density at radius 1 is 1.23 bits per heavy atom. The summed E-state index contributed by atoms with van der Waals surface area (Å²) in [4.78, 5) is 21.6. The van der Waals surface area contributed by atoms with Gasteiger partial charge < -0.3 is 0 Å². The average molecular weight is 376 g/mol. The zero-order valence-corrected chi connectivity index (χ0v) is 15.8. The molecule has 2 aromatic heterocycles. The molecule has 7 nitrogen and oxygen atoms in total. The first kappa shape index (κ1) is 17.6. The number of hydrogen-bond acceptors (Lipinski definition) is 6. The summed E-state index contributed by atoms with van der Waals surface area (Å²) in [7, 11) is -2.84. The molecule has 0 amide bonds. The Kier molecular flexibility index (Phi) is 4.58. The molecule has 0 radical (unpaired) electrons. The minimum absolute atomic E-state index is 0.0523. The number of nitrogens with zero attached hydrogens (tertiary/aromatic N) is 4. The highest BCUT2D eigenvalue weighted by Gasteiger charge is 2.33. The van der Waals surface area contributed by atoms with Crippen LogP contribution in [0.4, 0.5) is 0 Å². The number of sulfone groups is 1. The van der Waals surface area contributed by atoms with Crippen LogP contribution in [0.1, 0.15) is 17.7 Å². The van der Waals surface area contributed by atoms with E-state index in [4.69, 9.17) is 0 Å². The lowest BCUT2D eigenvalue weighted by Crippen LogP contribution is -2.50. The average Bonchev–Trinajstić information content (AvgIpc) is 2.97. The van der Waals surface area contributed by atoms with Crippen LogP contribution in [0.3, 0.4) is 0 Å². The third kappa shape index (κ3) is 3.54. The molecule has 2 fully saturated rings. The quantitative estimate of drug-likeness (QED) is 0.767. The molecule has 0 N–H and O–H groups in total. The summed E-state index contributed by atoms with van der Waals surface area (Å²) in [5.74, 6) is 0.622. The maximum absolute atomic E-state index is 12.3. The summed E-state index contributed by atoms with van der Waals surface area (Å²) in [6.45, 7) is 6.07. The number of aromatic nitrogens is 2. The number of hydrogen-bond donors (Lipinski definition) is 0. The van der Waals surface area contributed by atoms with E-state index >= 15 is 0 Å². The second-order valence-corrected chi connectivity index (χ2v) is 9.57. The van der Waals surface area contributed by atoms with Crippen molar-refractivity contribution in [1.82, 2.24) is 19.2 Å². The molecule has 4 rings (SSSR count). The highest BCUT2D eigenvalue weighted by Crippen LogP contribution is 2.19. The fourth-order valence-electron chi connectivity index (χ4n) is 3.97. The van der Waals surface area contributed by atoms with Gasteiger partial charge in [0, 0.05) is 51.0 Å². The molecule has 8 heteroatoms. The summed E-state index contributed by atoms with van der Waals surface area (Å²) in [5.41, 5.74) is 2.44. The molecule has 140 valence electrons. The maximum atomic E-state index is 12.3. The first-order valence-corrected chi connectivity index (χ1v) is 10.9. The number of rotatable bonds is 3. The lowest BCUT2D eigenvalue weighted by atomic mass is 10.2. The van der Waals surface area contributed by atoms with Crippen LogP contribution < -0.4 is 5.56 Å². The second-order valence-electron chi connectivity index (χ2n) is 7.34. The molecule has 0 bridgehead atoms. The zero-order chi connectivity index (χ0) is 18.3. The van der Waals surface area contributed by atoms with Crippen LogP contribution in [-0.4, -0.2) is 71.3 Å². The van der Waals surface area contributed by atoms with Gasteiger partial charge in [-0.25, -0.2) is 13.4 Å². The molecule has 0 aliphatic carbocycles. The van der Waals surface area contributed by atoms with Gasteiger partial charge in [0.1, 0.15) is 5.65 Å². The third-order valence-electron chi connectivity index (χ3n) is 5.46. The molecule has 2 aliphatic rings. The molecular weight excluding hydrogens is 352 g/mol. The van der Waals surface area contributed by atoms with Crippen molar-refractivity contribution in [1.29, 1.82) is 0 Å². The van der Waals surface area contributed by atoms with Gasteiger partial charge in [0.2, 0.25) is 0 Å². The zero-order valence-electron chi connectivity index (χ0n) is 15.0. The normalized spacial score (nSPS) is 24.3. The standard InChI is InChI=1S/C18H24N4O3S/c1-14-3-2-5-22-17(23)11-15(19-18(14)22)12-20-6-8-21(9-7-20)16-4-10-26(24,25)13-16/h2-3,5,11,16H,4,6-10,12-13H2,1H3/t16-/m0/s1. The monoisotopic (exact) mass is 376 g/mol. The number of piperazine rings is 1. The van der Waals surface area contributed by atoms with Gasteiger partial charge in [-0.05, 0) is 25.0 Å². The highest BCUT2D eigenvalue weighted by molar-refractivity contribution is 7.91. The third-order valence-corrected chi connectivity index (χ3v) is 7.21. The van der Waals surface area contributed by atoms with Crippen LogP contribution in [0, 0.1) is 6.92 Å². The predicted molar refractivity (Wildman–Crippen MR) is 100 cm³/mol. The van der Waals surface area contributed by atoms with Gasteiger partial charge in [-0.3, -0.25) is 19.0 Å². The predicted octanol–water partition coefficient (Wildman–Crippen LogP) is 0.308. The van der Waals surface area contributed by atoms with Crippen LogP contribution in [0.2, 0.25) is 0 Å². The summed E-state index contributed by atoms with van der Waals surface area (Å²) >= 11 is 0. The minimum atomic E-state index is -2.84. The van der Waals surface area contributed by atoms with Crippen molar-refractivity contribution >= 4 is 15.5 Å². The SMILES string of the molecule is Cc1cccn2c(=O)cc(CN3CCN([C@H]4CCS(=O)(=O)C4)CC3)nc12. The van der Waals surface area contributed by atoms with Crippen molar-refractivity contribution in [2.45, 2.75) is 25.9 Å². The van der Waals surface area contributed by atoms with Gasteiger partial charge in [0.25, 0.3) is 5.56 Å². The number of pyridine rings is 1. The van der Waals surface area contributed by atoms with Crippen molar-refractivity contribution in [2.75, 3.05) is 37.7 Å². The topological polar surface area (TPSA) is 75.0 Å². The Hall–Kier alpha value is -1.77. The van der Waals surface area contributed by atoms with Gasteiger partial charge in [0.05, 0.1) is 17.2 Å². The first-order valence-electron chi connectivity index (χ1n) is 9.06. The van der Waals surface area contributed by atoms with E-state index in [1.165, 1.54) is 0 Å². The van der Waals surface area contributed by atoms with E-state index in [1.54, 1.807) is 16.7 Å². The van der Waals surface area contributed by atoms with E-state index in [0.717, 1.165) is 43.9 Å². The Labute approximate surface area is 153 Å². The number of fused-ring (bicyclic) bond motifs is 1. The molecule has 0 spiro atoms. The van der Waals surface area contributed by atoms with Crippen molar-refractivity contribution in [3.05, 3.63) is 46.0 Å². The van der Waals surface area contributed by atoms with Gasteiger partial charge >= 0.3 is 0 Å². The summed E-state index contributed by atoms with van der Waals surface area (Å²) < 4.78 is 24.9. The summed E-state index contributed by atoms with van der Waals surface area (Å²) in [6.07, 6.45) is 2.50. The van der Waals surface area contributed by atoms with Crippen molar-refractivity contribution in [3.8, 4) is 0 Å². The summed E-state index contributed by atoms with van der Waals surface area (Å²) in [6, 6.07) is 5.60. The van der Waals surface area contributed by atoms with Crippen LogP contribution >= 0.6 is 0 Å². The van der Waals surface area contributed by atoms with E-state index < -0.39 is 9.84 Å². The molecule has 2 saturated heterocycles. The fourth-order valence-corrected chi connectivity index (χ4v) is 5.73. The van der Waals surface area contributed by atoms with E-state index in [0.29, 0.717) is 23.7 Å². The Bertz CT molecular complexity index is 978. The first-order chi connectivity index (χ1) is 12.4. The molecular formula is C18H24N4O3S. The van der Waals surface area contributed by atoms with Crippen molar-refractivity contribution in [3.63, 3.8) is 0 Å².